The number of benzene rings is 1. The maximum atomic E-state index is 6.75. The Labute approximate surface area is 141 Å². The predicted molar refractivity (Wildman–Crippen MR) is 95.3 cm³/mol. The van der Waals surface area contributed by atoms with E-state index >= 15 is 0 Å². The second-order valence-electron chi connectivity index (χ2n) is 5.78. The van der Waals surface area contributed by atoms with Gasteiger partial charge in [-0.3, -0.25) is 0 Å². The quantitative estimate of drug-likeness (QED) is 0.769. The molecule has 0 fully saturated rings. The number of aromatic nitrogens is 2. The first-order chi connectivity index (χ1) is 11.1. The molecular formula is C18H20ClN3O. The molecule has 23 heavy (non-hydrogen) atoms. The molecule has 0 radical (unpaired) electrons. The van der Waals surface area contributed by atoms with Crippen molar-refractivity contribution in [2.24, 2.45) is 0 Å². The zero-order valence-electron chi connectivity index (χ0n) is 13.6. The molecule has 0 aliphatic carbocycles. The highest BCUT2D eigenvalue weighted by Crippen LogP contribution is 2.39. The maximum absolute atomic E-state index is 6.75. The van der Waals surface area contributed by atoms with E-state index in [1.54, 1.807) is 13.3 Å². The number of ether oxygens (including phenoxy) is 1. The standard InChI is InChI=1S/C18H20ClN3O/c1-22(2)10-8-12-11-21-15-7-6-13(17(19)16(12)15)14-5-4-9-20-18(14)23-3/h4-7,9,11,21H,8,10H2,1-3H3. The monoisotopic (exact) mass is 329 g/mol. The lowest BCUT2D eigenvalue weighted by molar-refractivity contribution is 0.399. The van der Waals surface area contributed by atoms with Crippen LogP contribution < -0.4 is 4.74 Å². The fraction of sp³-hybridized carbons (Fsp3) is 0.278. The van der Waals surface area contributed by atoms with Crippen molar-refractivity contribution in [2.45, 2.75) is 6.42 Å². The number of nitrogens with zero attached hydrogens (tertiary/aromatic N) is 2. The number of fused-ring (bicyclic) bond motifs is 1. The van der Waals surface area contributed by atoms with Gasteiger partial charge < -0.3 is 14.6 Å². The normalized spacial score (nSPS) is 11.3. The zero-order valence-corrected chi connectivity index (χ0v) is 14.3. The molecule has 4 nitrogen and oxygen atoms in total. The molecule has 1 N–H and O–H groups in total. The van der Waals surface area contributed by atoms with Crippen LogP contribution in [0.25, 0.3) is 22.0 Å². The molecule has 0 aliphatic heterocycles. The molecule has 3 aromatic rings. The van der Waals surface area contributed by atoms with E-state index in [1.807, 2.05) is 24.4 Å². The molecule has 0 aliphatic rings. The van der Waals surface area contributed by atoms with E-state index in [1.165, 1.54) is 5.56 Å². The van der Waals surface area contributed by atoms with Crippen LogP contribution >= 0.6 is 11.6 Å². The molecule has 3 rings (SSSR count). The minimum absolute atomic E-state index is 0.583. The molecule has 0 atom stereocenters. The van der Waals surface area contributed by atoms with E-state index in [-0.39, 0.29) is 0 Å². The number of halogens is 1. The predicted octanol–water partition coefficient (Wildman–Crippen LogP) is 4.00. The highest BCUT2D eigenvalue weighted by molar-refractivity contribution is 6.38. The van der Waals surface area contributed by atoms with Crippen LogP contribution in [0.4, 0.5) is 0 Å². The van der Waals surface area contributed by atoms with Crippen LogP contribution in [0.15, 0.2) is 36.7 Å². The first-order valence-corrected chi connectivity index (χ1v) is 7.92. The number of hydrogen-bond donors (Lipinski definition) is 1. The Balaban J connectivity index is 2.12. The van der Waals surface area contributed by atoms with Gasteiger partial charge in [0.1, 0.15) is 0 Å². The van der Waals surface area contributed by atoms with Crippen LogP contribution in [-0.4, -0.2) is 42.6 Å². The van der Waals surface area contributed by atoms with E-state index in [4.69, 9.17) is 16.3 Å². The van der Waals surface area contributed by atoms with Gasteiger partial charge in [-0.05, 0) is 44.3 Å². The summed E-state index contributed by atoms with van der Waals surface area (Å²) in [7, 11) is 5.77. The van der Waals surface area contributed by atoms with Gasteiger partial charge in [0.05, 0.1) is 12.1 Å². The molecule has 2 heterocycles. The Hall–Kier alpha value is -2.04. The number of aromatic amines is 1. The Bertz CT molecular complexity index is 826. The number of likely N-dealkylation sites (N-methyl/N-ethyl adjacent to an activating group) is 1. The summed E-state index contributed by atoms with van der Waals surface area (Å²) in [5.74, 6) is 0.583. The van der Waals surface area contributed by atoms with Crippen molar-refractivity contribution in [3.63, 3.8) is 0 Å². The second-order valence-corrected chi connectivity index (χ2v) is 6.16. The van der Waals surface area contributed by atoms with E-state index in [0.717, 1.165) is 40.0 Å². The number of methoxy groups -OCH3 is 1. The summed E-state index contributed by atoms with van der Waals surface area (Å²) in [6.07, 6.45) is 4.71. The average molecular weight is 330 g/mol. The zero-order chi connectivity index (χ0) is 16.4. The SMILES string of the molecule is COc1ncccc1-c1ccc2[nH]cc(CCN(C)C)c2c1Cl. The Morgan fingerprint density at radius 1 is 1.22 bits per heavy atom. The van der Waals surface area contributed by atoms with Crippen LogP contribution in [0.2, 0.25) is 5.02 Å². The van der Waals surface area contributed by atoms with Gasteiger partial charge in [0.15, 0.2) is 0 Å². The van der Waals surface area contributed by atoms with Gasteiger partial charge in [-0.1, -0.05) is 17.7 Å². The average Bonchev–Trinajstić information content (AvgIpc) is 2.97. The molecule has 1 aromatic carbocycles. The summed E-state index contributed by atoms with van der Waals surface area (Å²) < 4.78 is 5.37. The summed E-state index contributed by atoms with van der Waals surface area (Å²) in [5.41, 5.74) is 4.12. The first kappa shape index (κ1) is 15.8. The van der Waals surface area contributed by atoms with Crippen LogP contribution in [0.3, 0.4) is 0 Å². The lowest BCUT2D eigenvalue weighted by Gasteiger charge is -2.12. The summed E-state index contributed by atoms with van der Waals surface area (Å²) in [4.78, 5) is 9.75. The lowest BCUT2D eigenvalue weighted by atomic mass is 10.0. The number of rotatable bonds is 5. The minimum Gasteiger partial charge on any atom is -0.481 e. The smallest absolute Gasteiger partial charge is 0.221 e. The van der Waals surface area contributed by atoms with Gasteiger partial charge in [0.25, 0.3) is 0 Å². The van der Waals surface area contributed by atoms with E-state index < -0.39 is 0 Å². The molecule has 0 bridgehead atoms. The van der Waals surface area contributed by atoms with Gasteiger partial charge in [0.2, 0.25) is 5.88 Å². The van der Waals surface area contributed by atoms with Crippen LogP contribution in [0, 0.1) is 0 Å². The minimum atomic E-state index is 0.583. The highest BCUT2D eigenvalue weighted by Gasteiger charge is 2.15. The van der Waals surface area contributed by atoms with Gasteiger partial charge in [0, 0.05) is 41.0 Å². The van der Waals surface area contributed by atoms with E-state index in [2.05, 4.69) is 35.0 Å². The second kappa shape index (κ2) is 6.60. The van der Waals surface area contributed by atoms with Gasteiger partial charge >= 0.3 is 0 Å². The van der Waals surface area contributed by atoms with Crippen molar-refractivity contribution < 1.29 is 4.74 Å². The van der Waals surface area contributed by atoms with E-state index in [0.29, 0.717) is 5.88 Å². The van der Waals surface area contributed by atoms with Crippen LogP contribution in [-0.2, 0) is 6.42 Å². The Morgan fingerprint density at radius 2 is 2.04 bits per heavy atom. The van der Waals surface area contributed by atoms with Crippen molar-refractivity contribution in [3.05, 3.63) is 47.2 Å². The molecular weight excluding hydrogens is 310 g/mol. The van der Waals surface area contributed by atoms with Crippen LogP contribution in [0.5, 0.6) is 5.88 Å². The molecule has 0 spiro atoms. The summed E-state index contributed by atoms with van der Waals surface area (Å²) in [6, 6.07) is 7.94. The maximum Gasteiger partial charge on any atom is 0.221 e. The van der Waals surface area contributed by atoms with Crippen molar-refractivity contribution in [3.8, 4) is 17.0 Å². The van der Waals surface area contributed by atoms with Gasteiger partial charge in [-0.15, -0.1) is 0 Å². The summed E-state index contributed by atoms with van der Waals surface area (Å²) in [5, 5.41) is 1.82. The molecule has 120 valence electrons. The van der Waals surface area contributed by atoms with Crippen molar-refractivity contribution in [2.75, 3.05) is 27.7 Å². The van der Waals surface area contributed by atoms with E-state index in [9.17, 15) is 0 Å². The summed E-state index contributed by atoms with van der Waals surface area (Å²) in [6.45, 7) is 0.976. The Kier molecular flexibility index (Phi) is 4.55. The van der Waals surface area contributed by atoms with Crippen molar-refractivity contribution >= 4 is 22.5 Å². The number of pyridine rings is 1. The number of hydrogen-bond acceptors (Lipinski definition) is 3. The third-order valence-electron chi connectivity index (χ3n) is 3.95. The topological polar surface area (TPSA) is 41.1 Å². The fourth-order valence-corrected chi connectivity index (χ4v) is 3.14. The van der Waals surface area contributed by atoms with Crippen molar-refractivity contribution in [1.29, 1.82) is 0 Å². The number of H-pyrrole nitrogens is 1. The largest absolute Gasteiger partial charge is 0.481 e. The molecule has 0 saturated carbocycles. The Morgan fingerprint density at radius 3 is 2.78 bits per heavy atom. The van der Waals surface area contributed by atoms with Crippen LogP contribution in [0.1, 0.15) is 5.56 Å². The first-order valence-electron chi connectivity index (χ1n) is 7.54. The molecule has 2 aromatic heterocycles. The third-order valence-corrected chi connectivity index (χ3v) is 4.34. The van der Waals surface area contributed by atoms with Crippen molar-refractivity contribution in [1.82, 2.24) is 14.9 Å². The molecule has 0 amide bonds. The third kappa shape index (κ3) is 3.05. The molecule has 0 saturated heterocycles. The number of nitrogens with one attached hydrogen (secondary N) is 1. The molecule has 0 unspecified atom stereocenters. The van der Waals surface area contributed by atoms with Gasteiger partial charge in [-0.25, -0.2) is 4.98 Å². The summed E-state index contributed by atoms with van der Waals surface area (Å²) >= 11 is 6.75. The van der Waals surface area contributed by atoms with Gasteiger partial charge in [-0.2, -0.15) is 0 Å². The fourth-order valence-electron chi connectivity index (χ4n) is 2.76. The lowest BCUT2D eigenvalue weighted by Crippen LogP contribution is -2.14. The molecule has 5 heteroatoms. The highest BCUT2D eigenvalue weighted by atomic mass is 35.5.